The van der Waals surface area contributed by atoms with E-state index in [9.17, 15) is 14.4 Å². The molecule has 1 aliphatic rings. The van der Waals surface area contributed by atoms with Gasteiger partial charge >= 0.3 is 12.2 Å². The number of benzene rings is 1. The number of amides is 2. The van der Waals surface area contributed by atoms with Crippen molar-refractivity contribution in [3.63, 3.8) is 0 Å². The Morgan fingerprint density at radius 3 is 2.59 bits per heavy atom. The highest BCUT2D eigenvalue weighted by atomic mass is 19.1. The summed E-state index contributed by atoms with van der Waals surface area (Å²) in [5, 5.41) is 17.8. The topological polar surface area (TPSA) is 123 Å². The fourth-order valence-electron chi connectivity index (χ4n) is 3.43. The van der Waals surface area contributed by atoms with E-state index in [0.717, 1.165) is 4.68 Å². The van der Waals surface area contributed by atoms with E-state index in [-0.39, 0.29) is 13.0 Å². The molecular formula is C24H27FN4O5. The van der Waals surface area contributed by atoms with E-state index in [2.05, 4.69) is 15.7 Å². The predicted molar refractivity (Wildman–Crippen MR) is 123 cm³/mol. The van der Waals surface area contributed by atoms with Gasteiger partial charge in [0.1, 0.15) is 5.60 Å². The second-order valence-corrected chi connectivity index (χ2v) is 8.88. The van der Waals surface area contributed by atoms with Crippen molar-refractivity contribution < 1.29 is 28.6 Å². The van der Waals surface area contributed by atoms with E-state index in [1.54, 1.807) is 57.2 Å². The van der Waals surface area contributed by atoms with Gasteiger partial charge < -0.3 is 20.5 Å². The fraction of sp³-hybridized carbons (Fsp3) is 0.333. The number of nitrogens with zero attached hydrogens (tertiary/aromatic N) is 2. The Morgan fingerprint density at radius 1 is 1.26 bits per heavy atom. The SMILES string of the molecule is CC(C)(C)OC(=O)NCC(C(=O)NC1(F)C=CC=C(c2cnn(C(=O)O)c2)C1)c1ccccc1. The third kappa shape index (κ3) is 6.53. The van der Waals surface area contributed by atoms with Crippen molar-refractivity contribution in [1.29, 1.82) is 0 Å². The number of ether oxygens (including phenoxy) is 1. The van der Waals surface area contributed by atoms with Crippen LogP contribution in [0.5, 0.6) is 0 Å². The number of allylic oxidation sites excluding steroid dienone is 2. The zero-order chi connectivity index (χ0) is 24.9. The molecule has 0 aliphatic heterocycles. The lowest BCUT2D eigenvalue weighted by Gasteiger charge is -2.29. The Kier molecular flexibility index (Phi) is 7.19. The lowest BCUT2D eigenvalue weighted by atomic mass is 9.92. The molecule has 0 fully saturated rings. The number of nitrogens with one attached hydrogen (secondary N) is 2. The lowest BCUT2D eigenvalue weighted by molar-refractivity contribution is -0.125. The minimum absolute atomic E-state index is 0.0986. The van der Waals surface area contributed by atoms with Crippen LogP contribution in [-0.2, 0) is 9.53 Å². The third-order valence-electron chi connectivity index (χ3n) is 4.95. The summed E-state index contributed by atoms with van der Waals surface area (Å²) in [7, 11) is 0. The summed E-state index contributed by atoms with van der Waals surface area (Å²) in [5.41, 5.74) is 0.787. The van der Waals surface area contributed by atoms with Crippen LogP contribution in [0.3, 0.4) is 0 Å². The second kappa shape index (κ2) is 9.90. The number of carboxylic acid groups (broad SMARTS) is 1. The number of carbonyl (C=O) groups excluding carboxylic acids is 2. The highest BCUT2D eigenvalue weighted by Gasteiger charge is 2.35. The van der Waals surface area contributed by atoms with Crippen molar-refractivity contribution in [3.05, 3.63) is 72.1 Å². The molecule has 3 N–H and O–H groups in total. The van der Waals surface area contributed by atoms with E-state index < -0.39 is 35.4 Å². The number of hydrogen-bond acceptors (Lipinski definition) is 5. The molecule has 10 heteroatoms. The summed E-state index contributed by atoms with van der Waals surface area (Å²) in [4.78, 5) is 36.3. The van der Waals surface area contributed by atoms with Crippen LogP contribution in [0.4, 0.5) is 14.0 Å². The maximum atomic E-state index is 15.7. The van der Waals surface area contributed by atoms with Gasteiger partial charge in [-0.25, -0.2) is 14.0 Å². The third-order valence-corrected chi connectivity index (χ3v) is 4.95. The molecule has 3 rings (SSSR count). The highest BCUT2D eigenvalue weighted by Crippen LogP contribution is 2.32. The van der Waals surface area contributed by atoms with Crippen molar-refractivity contribution in [1.82, 2.24) is 20.4 Å². The normalized spacial score (nSPS) is 18.5. The Balaban J connectivity index is 1.73. The van der Waals surface area contributed by atoms with E-state index in [1.807, 2.05) is 0 Å². The van der Waals surface area contributed by atoms with Gasteiger partial charge in [0.15, 0.2) is 0 Å². The Hall–Kier alpha value is -3.95. The molecule has 1 aromatic heterocycles. The number of aromatic nitrogens is 2. The molecule has 2 atom stereocenters. The maximum absolute atomic E-state index is 15.7. The van der Waals surface area contributed by atoms with Gasteiger partial charge in [0.05, 0.1) is 12.1 Å². The minimum Gasteiger partial charge on any atom is -0.463 e. The zero-order valence-electron chi connectivity index (χ0n) is 19.1. The van der Waals surface area contributed by atoms with Gasteiger partial charge in [-0.3, -0.25) is 4.79 Å². The number of alkyl halides is 1. The molecule has 9 nitrogen and oxygen atoms in total. The summed E-state index contributed by atoms with van der Waals surface area (Å²) in [6.07, 6.45) is 4.72. The van der Waals surface area contributed by atoms with Gasteiger partial charge in [-0.1, -0.05) is 42.5 Å². The predicted octanol–water partition coefficient (Wildman–Crippen LogP) is 3.84. The van der Waals surface area contributed by atoms with Crippen molar-refractivity contribution in [2.45, 2.75) is 44.5 Å². The first-order chi connectivity index (χ1) is 16.0. The molecule has 0 saturated heterocycles. The van der Waals surface area contributed by atoms with Crippen LogP contribution in [0, 0.1) is 0 Å². The van der Waals surface area contributed by atoms with Crippen LogP contribution in [-0.4, -0.2) is 50.9 Å². The molecular weight excluding hydrogens is 443 g/mol. The average Bonchev–Trinajstić information content (AvgIpc) is 3.24. The van der Waals surface area contributed by atoms with Crippen LogP contribution in [0.25, 0.3) is 5.57 Å². The lowest BCUT2D eigenvalue weighted by Crippen LogP contribution is -2.48. The smallest absolute Gasteiger partial charge is 0.432 e. The van der Waals surface area contributed by atoms with E-state index in [1.165, 1.54) is 24.5 Å². The zero-order valence-corrected chi connectivity index (χ0v) is 19.1. The molecule has 1 aliphatic carbocycles. The van der Waals surface area contributed by atoms with Crippen molar-refractivity contribution >= 4 is 23.7 Å². The Morgan fingerprint density at radius 2 is 1.97 bits per heavy atom. The maximum Gasteiger partial charge on any atom is 0.432 e. The van der Waals surface area contributed by atoms with Crippen LogP contribution in [0.15, 0.2) is 61.0 Å². The summed E-state index contributed by atoms with van der Waals surface area (Å²) in [6, 6.07) is 8.71. The Labute approximate surface area is 196 Å². The van der Waals surface area contributed by atoms with E-state index in [4.69, 9.17) is 9.84 Å². The summed E-state index contributed by atoms with van der Waals surface area (Å²) >= 11 is 0. The van der Waals surface area contributed by atoms with Gasteiger partial charge in [-0.2, -0.15) is 9.78 Å². The second-order valence-electron chi connectivity index (χ2n) is 8.88. The first-order valence-corrected chi connectivity index (χ1v) is 10.7. The molecule has 2 aromatic rings. The van der Waals surface area contributed by atoms with E-state index in [0.29, 0.717) is 16.7 Å². The van der Waals surface area contributed by atoms with Crippen LogP contribution in [0.2, 0.25) is 0 Å². The van der Waals surface area contributed by atoms with Gasteiger partial charge in [0.2, 0.25) is 11.7 Å². The quantitative estimate of drug-likeness (QED) is 0.552. The minimum atomic E-state index is -2.22. The molecule has 0 saturated carbocycles. The number of rotatable bonds is 6. The fourth-order valence-corrected chi connectivity index (χ4v) is 3.43. The number of halogens is 1. The monoisotopic (exact) mass is 470 g/mol. The molecule has 2 amide bonds. The van der Waals surface area contributed by atoms with Crippen LogP contribution < -0.4 is 10.6 Å². The largest absolute Gasteiger partial charge is 0.463 e. The number of hydrogen-bond donors (Lipinski definition) is 3. The van der Waals surface area contributed by atoms with Crippen LogP contribution in [0.1, 0.15) is 44.2 Å². The standard InChI is InChI=1S/C24H27FN4O5/c1-23(2,3)34-21(31)26-14-19(16-8-5-4-6-9-16)20(30)28-24(25)11-7-10-17(12-24)18-13-27-29(15-18)22(32)33/h4-11,13,15,19H,12,14H2,1-3H3,(H,26,31)(H,28,30)(H,32,33). The van der Waals surface area contributed by atoms with Crippen LogP contribution >= 0.6 is 0 Å². The Bertz CT molecular complexity index is 1120. The summed E-state index contributed by atoms with van der Waals surface area (Å²) in [5.74, 6) is -3.72. The van der Waals surface area contributed by atoms with Crippen molar-refractivity contribution in [2.24, 2.45) is 0 Å². The molecule has 2 unspecified atom stereocenters. The highest BCUT2D eigenvalue weighted by molar-refractivity contribution is 5.86. The molecule has 0 radical (unpaired) electrons. The number of alkyl carbamates (subject to hydrolysis) is 1. The molecule has 180 valence electrons. The van der Waals surface area contributed by atoms with Gasteiger partial charge in [0.25, 0.3) is 0 Å². The molecule has 1 heterocycles. The van der Waals surface area contributed by atoms with E-state index >= 15 is 4.39 Å². The van der Waals surface area contributed by atoms with Gasteiger partial charge in [-0.05, 0) is 38.0 Å². The average molecular weight is 471 g/mol. The molecule has 0 bridgehead atoms. The molecule has 1 aromatic carbocycles. The molecule has 34 heavy (non-hydrogen) atoms. The molecule has 0 spiro atoms. The van der Waals surface area contributed by atoms with Gasteiger partial charge in [0, 0.05) is 24.7 Å². The van der Waals surface area contributed by atoms with Crippen molar-refractivity contribution in [2.75, 3.05) is 6.54 Å². The van der Waals surface area contributed by atoms with Crippen molar-refractivity contribution in [3.8, 4) is 0 Å². The first kappa shape index (κ1) is 24.7. The first-order valence-electron chi connectivity index (χ1n) is 10.7. The summed E-state index contributed by atoms with van der Waals surface area (Å²) in [6.45, 7) is 5.07. The summed E-state index contributed by atoms with van der Waals surface area (Å²) < 4.78 is 21.7. The van der Waals surface area contributed by atoms with Gasteiger partial charge in [-0.15, -0.1) is 0 Å². The number of carbonyl (C=O) groups is 3.